The summed E-state index contributed by atoms with van der Waals surface area (Å²) in [7, 11) is 1.95. The highest BCUT2D eigenvalue weighted by atomic mass is 127. The minimum absolute atomic E-state index is 0. The lowest BCUT2D eigenvalue weighted by Crippen LogP contribution is -2.40. The Kier molecular flexibility index (Phi) is 10.5. The molecule has 0 aliphatic carbocycles. The van der Waals surface area contributed by atoms with E-state index in [-0.39, 0.29) is 30.0 Å². The average Bonchev–Trinajstić information content (AvgIpc) is 3.38. The van der Waals surface area contributed by atoms with Crippen molar-refractivity contribution in [3.8, 4) is 0 Å². The predicted molar refractivity (Wildman–Crippen MR) is 128 cm³/mol. The van der Waals surface area contributed by atoms with Crippen molar-refractivity contribution in [3.05, 3.63) is 42.1 Å². The van der Waals surface area contributed by atoms with E-state index >= 15 is 0 Å². The number of hydrogen-bond donors (Lipinski definition) is 2. The maximum atomic E-state index is 5.73. The standard InChI is InChI=1S/C21H34N6O.HI/c1-3-22-21(23-11-7-9-18-15-25-26(2)17-18)24-16-19(20-10-8-14-28-20)27-12-5-4-6-13-27;/h8,10,14-15,17,19H,3-7,9,11-13,16H2,1-2H3,(H2,22,23,24);1H. The fourth-order valence-corrected chi connectivity index (χ4v) is 3.72. The van der Waals surface area contributed by atoms with Crippen LogP contribution < -0.4 is 10.6 Å². The first-order chi connectivity index (χ1) is 13.8. The molecule has 29 heavy (non-hydrogen) atoms. The van der Waals surface area contributed by atoms with Crippen molar-refractivity contribution < 1.29 is 4.42 Å². The number of rotatable bonds is 9. The molecule has 1 fully saturated rings. The number of aryl methyl sites for hydroxylation is 2. The molecule has 7 nitrogen and oxygen atoms in total. The van der Waals surface area contributed by atoms with Crippen LogP contribution in [0.3, 0.4) is 0 Å². The number of piperidine rings is 1. The Bertz CT molecular complexity index is 709. The van der Waals surface area contributed by atoms with E-state index < -0.39 is 0 Å². The van der Waals surface area contributed by atoms with E-state index in [1.165, 1.54) is 24.8 Å². The van der Waals surface area contributed by atoms with E-state index in [2.05, 4.69) is 39.8 Å². The molecule has 8 heteroatoms. The van der Waals surface area contributed by atoms with Crippen molar-refractivity contribution in [2.24, 2.45) is 12.0 Å². The van der Waals surface area contributed by atoms with Crippen LogP contribution in [0.2, 0.25) is 0 Å². The van der Waals surface area contributed by atoms with Gasteiger partial charge in [0.1, 0.15) is 5.76 Å². The van der Waals surface area contributed by atoms with E-state index in [0.29, 0.717) is 6.54 Å². The molecule has 0 bridgehead atoms. The van der Waals surface area contributed by atoms with E-state index in [9.17, 15) is 0 Å². The number of hydrogen-bond acceptors (Lipinski definition) is 4. The molecule has 0 amide bonds. The molecule has 1 unspecified atom stereocenters. The summed E-state index contributed by atoms with van der Waals surface area (Å²) >= 11 is 0. The van der Waals surface area contributed by atoms with Gasteiger partial charge in [0.05, 0.1) is 25.0 Å². The molecule has 2 aromatic rings. The summed E-state index contributed by atoms with van der Waals surface area (Å²) in [5, 5.41) is 11.1. The number of aliphatic imine (C=N–C) groups is 1. The number of likely N-dealkylation sites (tertiary alicyclic amines) is 1. The summed E-state index contributed by atoms with van der Waals surface area (Å²) in [4.78, 5) is 7.38. The van der Waals surface area contributed by atoms with Gasteiger partial charge in [-0.1, -0.05) is 6.42 Å². The molecule has 1 aliphatic heterocycles. The van der Waals surface area contributed by atoms with Gasteiger partial charge >= 0.3 is 0 Å². The van der Waals surface area contributed by atoms with Crippen LogP contribution >= 0.6 is 24.0 Å². The lowest BCUT2D eigenvalue weighted by Gasteiger charge is -2.32. The molecule has 2 N–H and O–H groups in total. The molecule has 1 saturated heterocycles. The fourth-order valence-electron chi connectivity index (χ4n) is 3.72. The molecular formula is C21H35IN6O. The van der Waals surface area contributed by atoms with Crippen LogP contribution in [0.5, 0.6) is 0 Å². The first-order valence-electron chi connectivity index (χ1n) is 10.5. The highest BCUT2D eigenvalue weighted by Gasteiger charge is 2.24. The smallest absolute Gasteiger partial charge is 0.191 e. The largest absolute Gasteiger partial charge is 0.468 e. The number of nitrogens with zero attached hydrogens (tertiary/aromatic N) is 4. The van der Waals surface area contributed by atoms with Crippen LogP contribution in [0, 0.1) is 0 Å². The van der Waals surface area contributed by atoms with Crippen LogP contribution in [-0.2, 0) is 13.5 Å². The van der Waals surface area contributed by atoms with Crippen molar-refractivity contribution in [2.45, 2.75) is 45.1 Å². The Morgan fingerprint density at radius 1 is 1.28 bits per heavy atom. The van der Waals surface area contributed by atoms with Gasteiger partial charge in [-0.15, -0.1) is 24.0 Å². The Balaban J connectivity index is 0.00000300. The molecule has 0 saturated carbocycles. The zero-order valence-electron chi connectivity index (χ0n) is 17.6. The monoisotopic (exact) mass is 514 g/mol. The molecule has 2 aromatic heterocycles. The molecule has 3 heterocycles. The maximum absolute atomic E-state index is 5.73. The first kappa shape index (κ1) is 23.7. The maximum Gasteiger partial charge on any atom is 0.191 e. The van der Waals surface area contributed by atoms with Gasteiger partial charge < -0.3 is 15.1 Å². The summed E-state index contributed by atoms with van der Waals surface area (Å²) in [6, 6.07) is 4.25. The van der Waals surface area contributed by atoms with Crippen molar-refractivity contribution >= 4 is 29.9 Å². The van der Waals surface area contributed by atoms with Gasteiger partial charge in [0, 0.05) is 26.3 Å². The molecule has 3 rings (SSSR count). The van der Waals surface area contributed by atoms with Gasteiger partial charge in [-0.05, 0) is 63.4 Å². The fraction of sp³-hybridized carbons (Fsp3) is 0.619. The van der Waals surface area contributed by atoms with Gasteiger partial charge in [-0.3, -0.25) is 14.6 Å². The Labute approximate surface area is 191 Å². The number of aromatic nitrogens is 2. The van der Waals surface area contributed by atoms with Crippen LogP contribution in [0.4, 0.5) is 0 Å². The third-order valence-corrected chi connectivity index (χ3v) is 5.16. The van der Waals surface area contributed by atoms with Gasteiger partial charge in [0.25, 0.3) is 0 Å². The summed E-state index contributed by atoms with van der Waals surface area (Å²) in [6.45, 7) is 6.78. The van der Waals surface area contributed by atoms with Crippen molar-refractivity contribution in [3.63, 3.8) is 0 Å². The Morgan fingerprint density at radius 3 is 2.76 bits per heavy atom. The SMILES string of the molecule is CCNC(=NCC(c1ccco1)N1CCCCC1)NCCCc1cnn(C)c1.I. The zero-order chi connectivity index (χ0) is 19.6. The lowest BCUT2D eigenvalue weighted by atomic mass is 10.1. The number of halogens is 1. The molecule has 0 radical (unpaired) electrons. The molecule has 0 spiro atoms. The minimum Gasteiger partial charge on any atom is -0.468 e. The van der Waals surface area contributed by atoms with Crippen LogP contribution in [0.15, 0.2) is 40.2 Å². The molecule has 1 atom stereocenters. The topological polar surface area (TPSA) is 70.6 Å². The normalized spacial score (nSPS) is 16.3. The third-order valence-electron chi connectivity index (χ3n) is 5.16. The summed E-state index contributed by atoms with van der Waals surface area (Å²) in [6.07, 6.45) is 11.7. The Morgan fingerprint density at radius 2 is 2.10 bits per heavy atom. The van der Waals surface area contributed by atoms with Crippen LogP contribution in [-0.4, -0.2) is 53.4 Å². The average molecular weight is 514 g/mol. The molecule has 1 aliphatic rings. The summed E-state index contributed by atoms with van der Waals surface area (Å²) < 4.78 is 7.58. The van der Waals surface area contributed by atoms with Crippen molar-refractivity contribution in [1.29, 1.82) is 0 Å². The van der Waals surface area contributed by atoms with E-state index in [4.69, 9.17) is 9.41 Å². The van der Waals surface area contributed by atoms with Crippen LogP contribution in [0.1, 0.15) is 50.0 Å². The highest BCUT2D eigenvalue weighted by Crippen LogP contribution is 2.25. The quantitative estimate of drug-likeness (QED) is 0.233. The second-order valence-corrected chi connectivity index (χ2v) is 7.40. The third kappa shape index (κ3) is 7.65. The molecule has 162 valence electrons. The number of nitrogens with one attached hydrogen (secondary N) is 2. The van der Waals surface area contributed by atoms with E-state index in [1.54, 1.807) is 6.26 Å². The second-order valence-electron chi connectivity index (χ2n) is 7.40. The highest BCUT2D eigenvalue weighted by molar-refractivity contribution is 14.0. The zero-order valence-corrected chi connectivity index (χ0v) is 20.0. The van der Waals surface area contributed by atoms with E-state index in [0.717, 1.165) is 50.7 Å². The van der Waals surface area contributed by atoms with Crippen LogP contribution in [0.25, 0.3) is 0 Å². The van der Waals surface area contributed by atoms with Gasteiger partial charge in [-0.25, -0.2) is 0 Å². The molecular weight excluding hydrogens is 479 g/mol. The second kappa shape index (κ2) is 12.9. The van der Waals surface area contributed by atoms with Gasteiger partial charge in [0.2, 0.25) is 0 Å². The lowest BCUT2D eigenvalue weighted by molar-refractivity contribution is 0.150. The first-order valence-corrected chi connectivity index (χ1v) is 10.5. The number of furan rings is 1. The summed E-state index contributed by atoms with van der Waals surface area (Å²) in [5.41, 5.74) is 1.27. The predicted octanol–water partition coefficient (Wildman–Crippen LogP) is 3.35. The van der Waals surface area contributed by atoms with E-state index in [1.807, 2.05) is 24.0 Å². The van der Waals surface area contributed by atoms with Crippen molar-refractivity contribution in [2.75, 3.05) is 32.7 Å². The summed E-state index contributed by atoms with van der Waals surface area (Å²) in [5.74, 6) is 1.89. The Hall–Kier alpha value is -1.55. The molecule has 0 aromatic carbocycles. The van der Waals surface area contributed by atoms with Gasteiger partial charge in [-0.2, -0.15) is 5.10 Å². The number of guanidine groups is 1. The minimum atomic E-state index is 0. The van der Waals surface area contributed by atoms with Gasteiger partial charge in [0.15, 0.2) is 5.96 Å². The van der Waals surface area contributed by atoms with Crippen molar-refractivity contribution in [1.82, 2.24) is 25.3 Å².